The second-order valence-corrected chi connectivity index (χ2v) is 14.4. The number of hydrogen-bond acceptors (Lipinski definition) is 2. The van der Waals surface area contributed by atoms with Crippen LogP contribution in [0.4, 0.5) is 0 Å². The maximum Gasteiger partial charge on any atom is 0.115 e. The molecule has 0 bridgehead atoms. The molecule has 0 radical (unpaired) electrons. The van der Waals surface area contributed by atoms with Crippen molar-refractivity contribution in [2.75, 3.05) is 79.8 Å². The summed E-state index contributed by atoms with van der Waals surface area (Å²) < 4.78 is 15.6. The lowest BCUT2D eigenvalue weighted by molar-refractivity contribution is -0.928. The third kappa shape index (κ3) is 15.6. The third-order valence-corrected chi connectivity index (χ3v) is 9.83. The van der Waals surface area contributed by atoms with Gasteiger partial charge in [-0.15, -0.1) is 0 Å². The molecule has 0 aliphatic carbocycles. The number of nitrogens with zero attached hydrogens (tertiary/aromatic N) is 2. The van der Waals surface area contributed by atoms with Crippen molar-refractivity contribution < 1.29 is 18.4 Å². The summed E-state index contributed by atoms with van der Waals surface area (Å²) in [5.41, 5.74) is 0.137. The molecule has 2 saturated heterocycles. The fourth-order valence-corrected chi connectivity index (χ4v) is 7.66. The van der Waals surface area contributed by atoms with Gasteiger partial charge in [0.05, 0.1) is 66.6 Å². The Kier molecular flexibility index (Phi) is 18.6. The van der Waals surface area contributed by atoms with E-state index >= 15 is 0 Å². The molecule has 2 fully saturated rings. The van der Waals surface area contributed by atoms with E-state index in [-0.39, 0.29) is 5.41 Å². The molecule has 2 aliphatic rings. The standard InChI is InChI=1S/C35H72N2O2/c1-5-7-9-11-13-15-17-23-29-38-33-35(31-36(3)25-19-20-26-36,32-37(4)27-21-22-28-37)34-39-30-24-18-16-14-12-10-8-6-2/h5-34H2,1-4H3/q+2. The van der Waals surface area contributed by atoms with Gasteiger partial charge in [-0.25, -0.2) is 0 Å². The van der Waals surface area contributed by atoms with E-state index in [0.717, 1.165) is 26.4 Å². The van der Waals surface area contributed by atoms with Crippen LogP contribution in [0.1, 0.15) is 142 Å². The molecule has 0 N–H and O–H groups in total. The molecular weight excluding hydrogens is 480 g/mol. The number of hydrogen-bond donors (Lipinski definition) is 0. The van der Waals surface area contributed by atoms with Gasteiger partial charge in [-0.05, 0) is 12.8 Å². The predicted octanol–water partition coefficient (Wildman–Crippen LogP) is 8.77. The van der Waals surface area contributed by atoms with E-state index in [1.165, 1.54) is 177 Å². The molecule has 0 amide bonds. The van der Waals surface area contributed by atoms with Crippen molar-refractivity contribution in [2.45, 2.75) is 142 Å². The summed E-state index contributed by atoms with van der Waals surface area (Å²) in [4.78, 5) is 0. The molecule has 39 heavy (non-hydrogen) atoms. The molecule has 0 saturated carbocycles. The zero-order valence-electron chi connectivity index (χ0n) is 27.4. The summed E-state index contributed by atoms with van der Waals surface area (Å²) in [6, 6.07) is 0. The molecule has 232 valence electrons. The first-order valence-corrected chi connectivity index (χ1v) is 17.8. The minimum absolute atomic E-state index is 0.137. The topological polar surface area (TPSA) is 18.5 Å². The van der Waals surface area contributed by atoms with Gasteiger partial charge in [0.2, 0.25) is 0 Å². The van der Waals surface area contributed by atoms with Crippen LogP contribution in [0.3, 0.4) is 0 Å². The Morgan fingerprint density at radius 2 is 0.769 bits per heavy atom. The molecule has 0 spiro atoms. The van der Waals surface area contributed by atoms with Gasteiger partial charge in [0, 0.05) is 38.9 Å². The van der Waals surface area contributed by atoms with Crippen molar-refractivity contribution in [3.8, 4) is 0 Å². The highest BCUT2D eigenvalue weighted by Crippen LogP contribution is 2.33. The molecule has 2 rings (SSSR count). The Morgan fingerprint density at radius 1 is 0.462 bits per heavy atom. The Hall–Kier alpha value is -0.160. The number of likely N-dealkylation sites (tertiary alicyclic amines) is 2. The summed E-state index contributed by atoms with van der Waals surface area (Å²) in [6.07, 6.45) is 27.4. The third-order valence-electron chi connectivity index (χ3n) is 9.83. The van der Waals surface area contributed by atoms with Gasteiger partial charge in [-0.3, -0.25) is 0 Å². The Bertz CT molecular complexity index is 519. The molecule has 0 aromatic rings. The van der Waals surface area contributed by atoms with Gasteiger partial charge >= 0.3 is 0 Å². The van der Waals surface area contributed by atoms with Crippen LogP contribution in [0.25, 0.3) is 0 Å². The van der Waals surface area contributed by atoms with E-state index < -0.39 is 0 Å². The van der Waals surface area contributed by atoms with Crippen LogP contribution in [0.15, 0.2) is 0 Å². The molecule has 0 aromatic carbocycles. The minimum Gasteiger partial charge on any atom is -0.380 e. The lowest BCUT2D eigenvalue weighted by atomic mass is 9.86. The maximum atomic E-state index is 6.60. The average Bonchev–Trinajstić information content (AvgIpc) is 3.54. The maximum absolute atomic E-state index is 6.60. The van der Waals surface area contributed by atoms with Gasteiger partial charge in [0.25, 0.3) is 0 Å². The van der Waals surface area contributed by atoms with E-state index in [0.29, 0.717) is 0 Å². The van der Waals surface area contributed by atoms with Gasteiger partial charge in [-0.2, -0.15) is 0 Å². The summed E-state index contributed by atoms with van der Waals surface area (Å²) >= 11 is 0. The molecule has 4 nitrogen and oxygen atoms in total. The fourth-order valence-electron chi connectivity index (χ4n) is 7.66. The van der Waals surface area contributed by atoms with Crippen molar-refractivity contribution in [2.24, 2.45) is 5.41 Å². The van der Waals surface area contributed by atoms with Crippen LogP contribution < -0.4 is 0 Å². The summed E-state index contributed by atoms with van der Waals surface area (Å²) in [5.74, 6) is 0. The van der Waals surface area contributed by atoms with Crippen molar-refractivity contribution in [1.29, 1.82) is 0 Å². The van der Waals surface area contributed by atoms with E-state index in [2.05, 4.69) is 27.9 Å². The monoisotopic (exact) mass is 553 g/mol. The van der Waals surface area contributed by atoms with Crippen LogP contribution in [-0.4, -0.2) is 88.8 Å². The Labute approximate surface area is 245 Å². The number of ether oxygens (including phenoxy) is 2. The van der Waals surface area contributed by atoms with Crippen LogP contribution in [0.2, 0.25) is 0 Å². The van der Waals surface area contributed by atoms with Crippen molar-refractivity contribution in [3.05, 3.63) is 0 Å². The SMILES string of the molecule is CCCCCCCCCCOCC(COCCCCCCCCCC)(C[N+]1(C)CCCC1)C[N+]1(C)CCCC1. The first-order chi connectivity index (χ1) is 18.9. The molecule has 4 heteroatoms. The van der Waals surface area contributed by atoms with E-state index in [4.69, 9.17) is 9.47 Å². The highest BCUT2D eigenvalue weighted by Gasteiger charge is 2.47. The first-order valence-electron chi connectivity index (χ1n) is 17.8. The van der Waals surface area contributed by atoms with E-state index in [1.54, 1.807) is 0 Å². The zero-order valence-corrected chi connectivity index (χ0v) is 27.4. The largest absolute Gasteiger partial charge is 0.380 e. The quantitative estimate of drug-likeness (QED) is 0.0788. The average molecular weight is 553 g/mol. The van der Waals surface area contributed by atoms with Crippen molar-refractivity contribution >= 4 is 0 Å². The second kappa shape index (κ2) is 20.7. The zero-order chi connectivity index (χ0) is 28.1. The fraction of sp³-hybridized carbons (Fsp3) is 1.00. The summed E-state index contributed by atoms with van der Waals surface area (Å²) in [6.45, 7) is 16.1. The number of rotatable bonds is 26. The first kappa shape index (κ1) is 35.0. The lowest BCUT2D eigenvalue weighted by Crippen LogP contribution is -2.60. The van der Waals surface area contributed by atoms with Gasteiger partial charge < -0.3 is 18.4 Å². The van der Waals surface area contributed by atoms with E-state index in [1.807, 2.05) is 0 Å². The molecule has 2 heterocycles. The smallest absolute Gasteiger partial charge is 0.115 e. The second-order valence-electron chi connectivity index (χ2n) is 14.4. The van der Waals surface area contributed by atoms with Crippen molar-refractivity contribution in [1.82, 2.24) is 0 Å². The highest BCUT2D eigenvalue weighted by molar-refractivity contribution is 4.82. The van der Waals surface area contributed by atoms with Gasteiger partial charge in [0.1, 0.15) is 5.41 Å². The number of unbranched alkanes of at least 4 members (excludes halogenated alkanes) is 14. The summed E-state index contributed by atoms with van der Waals surface area (Å²) in [7, 11) is 5.03. The Morgan fingerprint density at radius 3 is 1.10 bits per heavy atom. The number of quaternary nitrogens is 2. The molecule has 0 atom stereocenters. The van der Waals surface area contributed by atoms with Gasteiger partial charge in [0.15, 0.2) is 0 Å². The van der Waals surface area contributed by atoms with Crippen LogP contribution in [-0.2, 0) is 9.47 Å². The van der Waals surface area contributed by atoms with E-state index in [9.17, 15) is 0 Å². The van der Waals surface area contributed by atoms with Crippen molar-refractivity contribution in [3.63, 3.8) is 0 Å². The highest BCUT2D eigenvalue weighted by atomic mass is 16.5. The van der Waals surface area contributed by atoms with Crippen LogP contribution in [0, 0.1) is 5.41 Å². The Balaban J connectivity index is 1.86. The summed E-state index contributed by atoms with van der Waals surface area (Å²) in [5, 5.41) is 0. The molecule has 2 aliphatic heterocycles. The van der Waals surface area contributed by atoms with Gasteiger partial charge in [-0.1, -0.05) is 104 Å². The van der Waals surface area contributed by atoms with Crippen LogP contribution in [0.5, 0.6) is 0 Å². The predicted molar refractivity (Wildman–Crippen MR) is 169 cm³/mol. The molecule has 0 aromatic heterocycles. The van der Waals surface area contributed by atoms with Crippen LogP contribution >= 0.6 is 0 Å². The normalized spacial score (nSPS) is 18.8. The minimum atomic E-state index is 0.137. The molecule has 0 unspecified atom stereocenters. The lowest BCUT2D eigenvalue weighted by Gasteiger charge is -2.45. The molecular formula is C35H72N2O2+2.